The van der Waals surface area contributed by atoms with Crippen LogP contribution in [-0.2, 0) is 19.2 Å². The molecule has 1 unspecified atom stereocenters. The summed E-state index contributed by atoms with van der Waals surface area (Å²) in [6.45, 7) is 14.3. The van der Waals surface area contributed by atoms with E-state index in [1.165, 1.54) is 13.5 Å². The van der Waals surface area contributed by atoms with E-state index in [-0.39, 0.29) is 43.1 Å². The smallest absolute Gasteiger partial charge is 0.406 e. The molecule has 2 aliphatic heterocycles. The summed E-state index contributed by atoms with van der Waals surface area (Å²) in [5.41, 5.74) is 7.61. The van der Waals surface area contributed by atoms with Crippen LogP contribution in [0.5, 0.6) is 0 Å². The molecule has 3 rings (SSSR count). The molecule has 0 aromatic rings. The van der Waals surface area contributed by atoms with Crippen LogP contribution in [0.25, 0.3) is 0 Å². The Morgan fingerprint density at radius 2 is 1.60 bits per heavy atom. The van der Waals surface area contributed by atoms with Gasteiger partial charge in [-0.15, -0.1) is 0 Å². The molecule has 0 bridgehead atoms. The van der Waals surface area contributed by atoms with E-state index in [1.807, 2.05) is 34.7 Å². The van der Waals surface area contributed by atoms with Crippen molar-refractivity contribution in [3.8, 4) is 0 Å². The molecule has 3 aliphatic rings. The summed E-state index contributed by atoms with van der Waals surface area (Å²) in [5, 5.41) is 12.9. The van der Waals surface area contributed by atoms with Crippen LogP contribution in [0, 0.1) is 11.8 Å². The van der Waals surface area contributed by atoms with Gasteiger partial charge in [-0.05, 0) is 77.9 Å². The first-order valence-electron chi connectivity index (χ1n) is 16.6. The third-order valence-electron chi connectivity index (χ3n) is 7.23. The molecule has 2 saturated heterocycles. The molecule has 270 valence electrons. The molecular weight excluding hydrogens is 591 g/mol. The highest BCUT2D eigenvalue weighted by Gasteiger charge is 2.55. The fourth-order valence-corrected chi connectivity index (χ4v) is 4.75. The Morgan fingerprint density at radius 3 is 1.98 bits per heavy atom. The van der Waals surface area contributed by atoms with Crippen molar-refractivity contribution in [2.45, 2.75) is 136 Å². The second kappa shape index (κ2) is 31.7. The quantitative estimate of drug-likeness (QED) is 0.156. The first-order valence-corrected chi connectivity index (χ1v) is 16.6. The minimum atomic E-state index is -4.19. The van der Waals surface area contributed by atoms with Gasteiger partial charge in [0.2, 0.25) is 11.8 Å². The van der Waals surface area contributed by atoms with Crippen LogP contribution in [-0.4, -0.2) is 86.1 Å². The van der Waals surface area contributed by atoms with Crippen LogP contribution >= 0.6 is 0 Å². The number of likely N-dealkylation sites (tertiary alicyclic amines) is 1. The van der Waals surface area contributed by atoms with Gasteiger partial charge >= 0.3 is 6.18 Å². The maximum atomic E-state index is 12.2. The van der Waals surface area contributed by atoms with Crippen molar-refractivity contribution in [2.24, 2.45) is 23.3 Å². The number of nitrogens with two attached hydrogens (primary N) is 2. The number of halogens is 3. The van der Waals surface area contributed by atoms with Crippen LogP contribution in [0.3, 0.4) is 0 Å². The largest absolute Gasteiger partial charge is 0.483 e. The third kappa shape index (κ3) is 22.0. The van der Waals surface area contributed by atoms with Crippen molar-refractivity contribution in [2.75, 3.05) is 33.7 Å². The van der Waals surface area contributed by atoms with E-state index in [1.54, 1.807) is 0 Å². The molecule has 2 amide bonds. The van der Waals surface area contributed by atoms with E-state index in [4.69, 9.17) is 15.6 Å². The van der Waals surface area contributed by atoms with Gasteiger partial charge in [-0.3, -0.25) is 19.3 Å². The molecule has 0 radical (unpaired) electrons. The standard InChI is InChI=1S/C18H31N3O3.C5H8F3N.C3H8.2C2H6.CH5N.CH2O2/c1-21-11-6-8-16(21)18(24)19-10-9-15-14(13-20-17(15)23)7-4-2-3-5-12-22;6-5(7,8)4(9)2-1-3-4;1-3-2;3*1-2;2-1-3/h12,14-16H,2-11,13H2,1H3,(H,19,24)(H,20,23);1-3,9H2;3H2,1-2H3;2*1-2H3;2H2,1H3;1H,(H,2,3)/t14-,15-,16?;;;;;;/m0....../s1. The second-order valence-corrected chi connectivity index (χ2v) is 10.5. The lowest BCUT2D eigenvalue weighted by Crippen LogP contribution is -2.58. The van der Waals surface area contributed by atoms with Crippen molar-refractivity contribution in [1.29, 1.82) is 0 Å². The highest BCUT2D eigenvalue weighted by atomic mass is 19.4. The predicted octanol–water partition coefficient (Wildman–Crippen LogP) is 5.27. The Kier molecular flexibility index (Phi) is 35.0. The molecule has 2 heterocycles. The van der Waals surface area contributed by atoms with E-state index >= 15 is 0 Å². The lowest BCUT2D eigenvalue weighted by molar-refractivity contribution is -0.206. The second-order valence-electron chi connectivity index (χ2n) is 10.5. The molecule has 45 heavy (non-hydrogen) atoms. The highest BCUT2D eigenvalue weighted by molar-refractivity contribution is 5.82. The molecule has 1 saturated carbocycles. The normalized spacial score (nSPS) is 20.6. The number of carboxylic acid groups (broad SMARTS) is 1. The zero-order chi connectivity index (χ0) is 35.9. The summed E-state index contributed by atoms with van der Waals surface area (Å²) in [7, 11) is 3.49. The number of alkyl halides is 3. The number of hydrogen-bond acceptors (Lipinski definition) is 7. The minimum Gasteiger partial charge on any atom is -0.483 e. The summed E-state index contributed by atoms with van der Waals surface area (Å²) in [4.78, 5) is 45.0. The molecule has 10 nitrogen and oxygen atoms in total. The van der Waals surface area contributed by atoms with Crippen molar-refractivity contribution >= 4 is 24.6 Å². The van der Waals surface area contributed by atoms with Gasteiger partial charge in [0.05, 0.1) is 6.04 Å². The third-order valence-corrected chi connectivity index (χ3v) is 7.23. The monoisotopic (exact) mass is 658 g/mol. The number of carbonyl (C=O) groups is 4. The van der Waals surface area contributed by atoms with Crippen LogP contribution in [0.1, 0.15) is 119 Å². The van der Waals surface area contributed by atoms with E-state index in [0.29, 0.717) is 31.7 Å². The zero-order valence-corrected chi connectivity index (χ0v) is 29.3. The molecular formula is C32H66F3N5O5. The van der Waals surface area contributed by atoms with Crippen molar-refractivity contribution in [3.05, 3.63) is 0 Å². The summed E-state index contributed by atoms with van der Waals surface area (Å²) in [6.07, 6.45) is 6.22. The SMILES string of the molecule is CC.CC.CCC.CN.CN1CCCC1C(=O)NCC[C@@H]1C(=O)NC[C@@H]1CCCCCC=O.NC1(C(F)(F)F)CCC1.O=CO. The lowest BCUT2D eigenvalue weighted by Gasteiger charge is -2.39. The number of amides is 2. The van der Waals surface area contributed by atoms with Crippen molar-refractivity contribution < 1.29 is 37.5 Å². The number of carbonyl (C=O) groups excluding carboxylic acids is 3. The molecule has 3 fully saturated rings. The summed E-state index contributed by atoms with van der Waals surface area (Å²) in [6, 6.07) is -0.00368. The van der Waals surface area contributed by atoms with Crippen LogP contribution in [0.2, 0.25) is 0 Å². The molecule has 3 atom stereocenters. The average Bonchev–Trinajstić information content (AvgIpc) is 3.60. The number of unbranched alkanes of at least 4 members (excludes halogenated alkanes) is 3. The van der Waals surface area contributed by atoms with Gasteiger partial charge in [0.15, 0.2) is 0 Å². The molecule has 0 aromatic heterocycles. The maximum absolute atomic E-state index is 12.2. The predicted molar refractivity (Wildman–Crippen MR) is 177 cm³/mol. The first kappa shape index (κ1) is 49.6. The van der Waals surface area contributed by atoms with E-state index in [9.17, 15) is 27.6 Å². The van der Waals surface area contributed by atoms with Gasteiger partial charge in [-0.1, -0.05) is 60.8 Å². The molecule has 0 spiro atoms. The number of nitrogens with one attached hydrogen (secondary N) is 2. The fourth-order valence-electron chi connectivity index (χ4n) is 4.75. The number of nitrogens with zero attached hydrogens (tertiary/aromatic N) is 1. The Hall–Kier alpha value is -2.25. The molecule has 1 aliphatic carbocycles. The molecule has 7 N–H and O–H groups in total. The lowest BCUT2D eigenvalue weighted by atomic mass is 9.77. The Labute approximate surface area is 271 Å². The van der Waals surface area contributed by atoms with E-state index in [2.05, 4.69) is 35.1 Å². The highest BCUT2D eigenvalue weighted by Crippen LogP contribution is 2.42. The Bertz CT molecular complexity index is 726. The number of aldehydes is 1. The first-order chi connectivity index (χ1) is 21.4. The van der Waals surface area contributed by atoms with Crippen LogP contribution in [0.15, 0.2) is 0 Å². The van der Waals surface area contributed by atoms with Gasteiger partial charge in [0, 0.05) is 25.4 Å². The Balaban J connectivity index is -0.000000329. The van der Waals surface area contributed by atoms with E-state index in [0.717, 1.165) is 57.9 Å². The zero-order valence-electron chi connectivity index (χ0n) is 29.3. The van der Waals surface area contributed by atoms with Crippen molar-refractivity contribution in [3.63, 3.8) is 0 Å². The van der Waals surface area contributed by atoms with Crippen molar-refractivity contribution in [1.82, 2.24) is 15.5 Å². The summed E-state index contributed by atoms with van der Waals surface area (Å²) in [5.74, 6) is 0.594. The van der Waals surface area contributed by atoms with Gasteiger partial charge in [-0.25, -0.2) is 0 Å². The van der Waals surface area contributed by atoms with Gasteiger partial charge < -0.3 is 32.0 Å². The van der Waals surface area contributed by atoms with Crippen LogP contribution < -0.4 is 22.1 Å². The molecule has 0 aromatic carbocycles. The fraction of sp³-hybridized carbons (Fsp3) is 0.875. The maximum Gasteiger partial charge on any atom is 0.406 e. The minimum absolute atomic E-state index is 0.00368. The number of hydrogen-bond donors (Lipinski definition) is 5. The topological polar surface area (TPSA) is 168 Å². The summed E-state index contributed by atoms with van der Waals surface area (Å²) < 4.78 is 35.3. The van der Waals surface area contributed by atoms with Gasteiger partial charge in [0.1, 0.15) is 11.8 Å². The van der Waals surface area contributed by atoms with E-state index < -0.39 is 11.7 Å². The average molecular weight is 658 g/mol. The van der Waals surface area contributed by atoms with Gasteiger partial charge in [-0.2, -0.15) is 13.2 Å². The van der Waals surface area contributed by atoms with Crippen LogP contribution in [0.4, 0.5) is 13.2 Å². The summed E-state index contributed by atoms with van der Waals surface area (Å²) >= 11 is 0. The number of likely N-dealkylation sites (N-methyl/N-ethyl adjacent to an activating group) is 1. The number of rotatable bonds is 10. The van der Waals surface area contributed by atoms with Gasteiger partial charge in [0.25, 0.3) is 6.47 Å². The Morgan fingerprint density at radius 1 is 1.07 bits per heavy atom. The molecule has 13 heteroatoms.